The number of aromatic amines is 1. The molecule has 0 bridgehead atoms. The molecule has 0 aliphatic rings. The lowest BCUT2D eigenvalue weighted by molar-refractivity contribution is -0.119. The van der Waals surface area contributed by atoms with E-state index in [1.165, 1.54) is 11.8 Å². The van der Waals surface area contributed by atoms with E-state index in [0.717, 1.165) is 5.82 Å². The maximum atomic E-state index is 11.8. The second-order valence-corrected chi connectivity index (χ2v) is 6.63. The Morgan fingerprint density at radius 1 is 1.40 bits per heavy atom. The van der Waals surface area contributed by atoms with Crippen LogP contribution in [0.15, 0.2) is 5.16 Å². The summed E-state index contributed by atoms with van der Waals surface area (Å²) >= 11 is 1.20. The molecule has 1 heterocycles. The molecule has 1 aromatic heterocycles. The molecule has 0 radical (unpaired) electrons. The van der Waals surface area contributed by atoms with Crippen molar-refractivity contribution in [1.29, 1.82) is 0 Å². The summed E-state index contributed by atoms with van der Waals surface area (Å²) in [6, 6.07) is -0.490. The molecule has 0 saturated heterocycles. The summed E-state index contributed by atoms with van der Waals surface area (Å²) in [6.07, 6.45) is 0. The number of carbonyl (C=O) groups excluding carboxylic acids is 2. The van der Waals surface area contributed by atoms with Crippen molar-refractivity contribution in [1.82, 2.24) is 25.8 Å². The molecule has 0 aromatic carbocycles. The average molecular weight is 299 g/mol. The van der Waals surface area contributed by atoms with Crippen molar-refractivity contribution in [3.63, 3.8) is 0 Å². The van der Waals surface area contributed by atoms with Crippen LogP contribution in [0.4, 0.5) is 4.79 Å². The summed E-state index contributed by atoms with van der Waals surface area (Å²) in [4.78, 5) is 27.4. The van der Waals surface area contributed by atoms with E-state index in [0.29, 0.717) is 11.7 Å². The van der Waals surface area contributed by atoms with Gasteiger partial charge in [-0.1, -0.05) is 32.5 Å². The van der Waals surface area contributed by atoms with E-state index in [1.54, 1.807) is 13.8 Å². The molecule has 0 saturated carbocycles. The van der Waals surface area contributed by atoms with Gasteiger partial charge in [0.05, 0.1) is 5.25 Å². The second kappa shape index (κ2) is 6.74. The number of thioether (sulfide) groups is 1. The summed E-state index contributed by atoms with van der Waals surface area (Å²) in [5, 5.41) is 11.7. The quantitative estimate of drug-likeness (QED) is 0.730. The minimum Gasteiger partial charge on any atom is -0.338 e. The highest BCUT2D eigenvalue weighted by molar-refractivity contribution is 8.00. The van der Waals surface area contributed by atoms with Crippen molar-refractivity contribution in [3.05, 3.63) is 5.82 Å². The van der Waals surface area contributed by atoms with E-state index in [4.69, 9.17) is 0 Å². The van der Waals surface area contributed by atoms with E-state index in [-0.39, 0.29) is 11.3 Å². The van der Waals surface area contributed by atoms with E-state index in [9.17, 15) is 9.59 Å². The zero-order valence-electron chi connectivity index (χ0n) is 12.4. The number of urea groups is 1. The Labute approximate surface area is 122 Å². The summed E-state index contributed by atoms with van der Waals surface area (Å²) < 4.78 is 0. The van der Waals surface area contributed by atoms with Crippen molar-refractivity contribution < 1.29 is 9.59 Å². The van der Waals surface area contributed by atoms with Crippen LogP contribution in [0.2, 0.25) is 0 Å². The third-order valence-electron chi connectivity index (χ3n) is 2.40. The number of aromatic nitrogens is 3. The largest absolute Gasteiger partial charge is 0.338 e. The first-order valence-corrected chi connectivity index (χ1v) is 7.30. The first-order valence-electron chi connectivity index (χ1n) is 6.42. The number of hydrogen-bond donors (Lipinski definition) is 3. The Balaban J connectivity index is 2.57. The Kier molecular flexibility index (Phi) is 5.55. The van der Waals surface area contributed by atoms with Gasteiger partial charge in [-0.15, -0.1) is 5.10 Å². The van der Waals surface area contributed by atoms with Crippen LogP contribution >= 0.6 is 11.8 Å². The summed E-state index contributed by atoms with van der Waals surface area (Å²) in [7, 11) is 0. The highest BCUT2D eigenvalue weighted by Gasteiger charge is 2.22. The third-order valence-corrected chi connectivity index (χ3v) is 3.36. The van der Waals surface area contributed by atoms with E-state index >= 15 is 0 Å². The molecule has 1 atom stereocenters. The van der Waals surface area contributed by atoms with E-state index in [1.807, 2.05) is 20.8 Å². The number of amides is 3. The zero-order chi connectivity index (χ0) is 15.3. The Morgan fingerprint density at radius 3 is 2.55 bits per heavy atom. The third kappa shape index (κ3) is 4.84. The molecule has 0 spiro atoms. The van der Waals surface area contributed by atoms with Gasteiger partial charge in [0.2, 0.25) is 11.1 Å². The lowest BCUT2D eigenvalue weighted by atomic mass is 9.96. The number of rotatable bonds is 4. The molecule has 0 fully saturated rings. The van der Waals surface area contributed by atoms with Gasteiger partial charge in [-0.3, -0.25) is 15.2 Å². The van der Waals surface area contributed by atoms with Crippen molar-refractivity contribution in [2.24, 2.45) is 0 Å². The molecule has 1 aromatic rings. The highest BCUT2D eigenvalue weighted by Crippen LogP contribution is 2.23. The Morgan fingerprint density at radius 2 is 2.05 bits per heavy atom. The van der Waals surface area contributed by atoms with Crippen molar-refractivity contribution >= 4 is 23.7 Å². The fraction of sp³-hybridized carbons (Fsp3) is 0.667. The number of H-pyrrole nitrogens is 1. The van der Waals surface area contributed by atoms with Crippen molar-refractivity contribution in [3.8, 4) is 0 Å². The van der Waals surface area contributed by atoms with Gasteiger partial charge in [0.1, 0.15) is 5.82 Å². The molecular weight excluding hydrogens is 278 g/mol. The van der Waals surface area contributed by atoms with Gasteiger partial charge >= 0.3 is 6.03 Å². The minimum absolute atomic E-state index is 0.127. The maximum absolute atomic E-state index is 11.8. The topological polar surface area (TPSA) is 99.8 Å². The maximum Gasteiger partial charge on any atom is 0.321 e. The second-order valence-electron chi connectivity index (χ2n) is 5.33. The molecule has 7 nitrogen and oxygen atoms in total. The van der Waals surface area contributed by atoms with Crippen LogP contribution in [0.1, 0.15) is 40.4 Å². The summed E-state index contributed by atoms with van der Waals surface area (Å²) in [5.74, 6) is 0.388. The normalized spacial score (nSPS) is 12.8. The molecule has 20 heavy (non-hydrogen) atoms. The van der Waals surface area contributed by atoms with Gasteiger partial charge in [-0.25, -0.2) is 9.78 Å². The van der Waals surface area contributed by atoms with Crippen LogP contribution in [0.5, 0.6) is 0 Å². The fourth-order valence-corrected chi connectivity index (χ4v) is 1.99. The summed E-state index contributed by atoms with van der Waals surface area (Å²) in [5.41, 5.74) is -0.127. The summed E-state index contributed by atoms with van der Waals surface area (Å²) in [6.45, 7) is 10.0. The number of imide groups is 1. The van der Waals surface area contributed by atoms with Gasteiger partial charge in [-0.2, -0.15) is 0 Å². The predicted octanol–water partition coefficient (Wildman–Crippen LogP) is 1.43. The Hall–Kier alpha value is -1.57. The fourth-order valence-electron chi connectivity index (χ4n) is 1.26. The van der Waals surface area contributed by atoms with Crippen LogP contribution in [0.3, 0.4) is 0 Å². The molecule has 3 amide bonds. The van der Waals surface area contributed by atoms with Gasteiger partial charge in [0.25, 0.3) is 0 Å². The minimum atomic E-state index is -0.490. The predicted molar refractivity (Wildman–Crippen MR) is 77.6 cm³/mol. The molecule has 0 aliphatic carbocycles. The van der Waals surface area contributed by atoms with Gasteiger partial charge < -0.3 is 5.32 Å². The molecule has 0 aliphatic heterocycles. The van der Waals surface area contributed by atoms with Crippen LogP contribution in [-0.4, -0.2) is 38.9 Å². The van der Waals surface area contributed by atoms with Crippen LogP contribution < -0.4 is 10.6 Å². The number of carbonyl (C=O) groups is 2. The smallest absolute Gasteiger partial charge is 0.321 e. The lowest BCUT2D eigenvalue weighted by Gasteiger charge is -2.13. The molecule has 112 valence electrons. The standard InChI is InChI=1S/C12H21N5O2S/c1-6-13-10(19)14-8(18)7(2)20-11-15-9(16-17-11)12(3,4)5/h7H,6H2,1-5H3,(H,15,16,17)(H2,13,14,18,19). The molecule has 1 unspecified atom stereocenters. The van der Waals surface area contributed by atoms with Crippen LogP contribution in [-0.2, 0) is 10.2 Å². The van der Waals surface area contributed by atoms with Gasteiger partial charge in [0, 0.05) is 12.0 Å². The zero-order valence-corrected chi connectivity index (χ0v) is 13.2. The highest BCUT2D eigenvalue weighted by atomic mass is 32.2. The first-order chi connectivity index (χ1) is 9.24. The number of hydrogen-bond acceptors (Lipinski definition) is 5. The van der Waals surface area contributed by atoms with Crippen molar-refractivity contribution in [2.45, 2.75) is 50.4 Å². The SMILES string of the molecule is CCNC(=O)NC(=O)C(C)Sc1n[nH]c(C(C)(C)C)n1. The number of nitrogens with one attached hydrogen (secondary N) is 3. The van der Waals surface area contributed by atoms with Gasteiger partial charge in [-0.05, 0) is 13.8 Å². The monoisotopic (exact) mass is 299 g/mol. The molecule has 1 rings (SSSR count). The molecule has 3 N–H and O–H groups in total. The Bertz CT molecular complexity index is 480. The van der Waals surface area contributed by atoms with Gasteiger partial charge in [0.15, 0.2) is 0 Å². The lowest BCUT2D eigenvalue weighted by Crippen LogP contribution is -2.42. The number of nitrogens with zero attached hydrogens (tertiary/aromatic N) is 2. The first kappa shape index (κ1) is 16.5. The van der Waals surface area contributed by atoms with E-state index in [2.05, 4.69) is 25.8 Å². The van der Waals surface area contributed by atoms with Crippen molar-refractivity contribution in [2.75, 3.05) is 6.54 Å². The van der Waals surface area contributed by atoms with Crippen LogP contribution in [0, 0.1) is 0 Å². The van der Waals surface area contributed by atoms with Crippen LogP contribution in [0.25, 0.3) is 0 Å². The average Bonchev–Trinajstić information content (AvgIpc) is 2.77. The molecular formula is C12H21N5O2S. The molecule has 8 heteroatoms. The van der Waals surface area contributed by atoms with E-state index < -0.39 is 11.3 Å².